The quantitative estimate of drug-likeness (QED) is 0.504. The average molecular weight is 224 g/mol. The van der Waals surface area contributed by atoms with E-state index in [1.165, 1.54) is 12.8 Å². The number of fused-ring (bicyclic) bond motifs is 1. The van der Waals surface area contributed by atoms with Gasteiger partial charge in [0.1, 0.15) is 0 Å². The van der Waals surface area contributed by atoms with E-state index in [1.807, 2.05) is 0 Å². The fourth-order valence-electron chi connectivity index (χ4n) is 2.53. The lowest BCUT2D eigenvalue weighted by atomic mass is 9.71. The van der Waals surface area contributed by atoms with Gasteiger partial charge in [0.05, 0.1) is 13.2 Å². The maximum Gasteiger partial charge on any atom is 0.234 e. The van der Waals surface area contributed by atoms with Crippen molar-refractivity contribution >= 4 is 5.91 Å². The Morgan fingerprint density at radius 1 is 1.56 bits per heavy atom. The molecule has 2 aliphatic rings. The molecule has 1 amide bonds. The molecule has 2 N–H and O–H groups in total. The predicted molar refractivity (Wildman–Crippen MR) is 62.0 cm³/mol. The number of carbonyl (C=O) groups is 1. The highest BCUT2D eigenvalue weighted by molar-refractivity contribution is 5.78. The highest BCUT2D eigenvalue weighted by atomic mass is 16.5. The number of methoxy groups -OCH3 is 1. The lowest BCUT2D eigenvalue weighted by molar-refractivity contribution is -0.120. The van der Waals surface area contributed by atoms with Crippen LogP contribution in [0.3, 0.4) is 0 Å². The minimum atomic E-state index is 0.0578. The molecule has 0 bridgehead atoms. The fourth-order valence-corrected chi connectivity index (χ4v) is 2.53. The number of nitrogens with one attached hydrogen (secondary N) is 2. The van der Waals surface area contributed by atoms with Crippen molar-refractivity contribution < 1.29 is 9.53 Å². The standard InChI is InChI=1S/C12H20N2O2/c1-16-6-5-13-12(15)8-14-11-7-9-3-2-4-10(9)11/h2,4,9-11,14H,3,5-8H2,1H3,(H,13,15). The van der Waals surface area contributed by atoms with Crippen LogP contribution in [-0.4, -0.2) is 38.8 Å². The maximum absolute atomic E-state index is 11.4. The van der Waals surface area contributed by atoms with E-state index in [0.29, 0.717) is 31.7 Å². The lowest BCUT2D eigenvalue weighted by Gasteiger charge is -2.40. The van der Waals surface area contributed by atoms with E-state index in [1.54, 1.807) is 7.11 Å². The van der Waals surface area contributed by atoms with Crippen molar-refractivity contribution in [2.24, 2.45) is 11.8 Å². The summed E-state index contributed by atoms with van der Waals surface area (Å²) in [5.74, 6) is 1.57. The molecule has 1 saturated carbocycles. The van der Waals surface area contributed by atoms with Gasteiger partial charge in [-0.15, -0.1) is 0 Å². The van der Waals surface area contributed by atoms with Gasteiger partial charge in [0, 0.05) is 19.7 Å². The molecular formula is C12H20N2O2. The normalized spacial score (nSPS) is 30.9. The van der Waals surface area contributed by atoms with Crippen LogP contribution in [0, 0.1) is 11.8 Å². The Morgan fingerprint density at radius 2 is 2.44 bits per heavy atom. The molecule has 2 rings (SSSR count). The molecule has 16 heavy (non-hydrogen) atoms. The van der Waals surface area contributed by atoms with Crippen molar-refractivity contribution in [1.82, 2.24) is 10.6 Å². The van der Waals surface area contributed by atoms with Crippen LogP contribution >= 0.6 is 0 Å². The van der Waals surface area contributed by atoms with Crippen LogP contribution in [0.15, 0.2) is 12.2 Å². The van der Waals surface area contributed by atoms with Crippen LogP contribution in [0.2, 0.25) is 0 Å². The van der Waals surface area contributed by atoms with E-state index >= 15 is 0 Å². The molecule has 0 aliphatic heterocycles. The molecule has 4 heteroatoms. The average Bonchev–Trinajstić information content (AvgIpc) is 2.61. The summed E-state index contributed by atoms with van der Waals surface area (Å²) in [6.07, 6.45) is 6.98. The number of hydrogen-bond donors (Lipinski definition) is 2. The molecule has 4 nitrogen and oxygen atoms in total. The third-order valence-corrected chi connectivity index (χ3v) is 3.52. The van der Waals surface area contributed by atoms with Gasteiger partial charge < -0.3 is 15.4 Å². The molecule has 0 radical (unpaired) electrons. The molecular weight excluding hydrogens is 204 g/mol. The summed E-state index contributed by atoms with van der Waals surface area (Å²) in [6.45, 7) is 1.59. The summed E-state index contributed by atoms with van der Waals surface area (Å²) in [4.78, 5) is 11.4. The molecule has 3 unspecified atom stereocenters. The SMILES string of the molecule is COCCNC(=O)CNC1CC2CC=CC21. The van der Waals surface area contributed by atoms with Crippen LogP contribution in [0.25, 0.3) is 0 Å². The van der Waals surface area contributed by atoms with Gasteiger partial charge in [-0.2, -0.15) is 0 Å². The van der Waals surface area contributed by atoms with Crippen molar-refractivity contribution in [1.29, 1.82) is 0 Å². The lowest BCUT2D eigenvalue weighted by Crippen LogP contribution is -2.51. The van der Waals surface area contributed by atoms with E-state index in [-0.39, 0.29) is 5.91 Å². The number of carbonyl (C=O) groups excluding carboxylic acids is 1. The molecule has 90 valence electrons. The Hall–Kier alpha value is -0.870. The molecule has 0 saturated heterocycles. The smallest absolute Gasteiger partial charge is 0.234 e. The third-order valence-electron chi connectivity index (χ3n) is 3.52. The third kappa shape index (κ3) is 2.62. The highest BCUT2D eigenvalue weighted by Gasteiger charge is 2.40. The minimum absolute atomic E-state index is 0.0578. The Balaban J connectivity index is 1.57. The molecule has 1 fully saturated rings. The van der Waals surface area contributed by atoms with E-state index in [2.05, 4.69) is 22.8 Å². The van der Waals surface area contributed by atoms with Crippen LogP contribution in [0.5, 0.6) is 0 Å². The van der Waals surface area contributed by atoms with E-state index < -0.39 is 0 Å². The Labute approximate surface area is 96.4 Å². The van der Waals surface area contributed by atoms with Gasteiger partial charge in [0.25, 0.3) is 0 Å². The summed E-state index contributed by atoms with van der Waals surface area (Å²) >= 11 is 0. The minimum Gasteiger partial charge on any atom is -0.383 e. The second-order valence-corrected chi connectivity index (χ2v) is 4.57. The van der Waals surface area contributed by atoms with Gasteiger partial charge in [-0.1, -0.05) is 12.2 Å². The van der Waals surface area contributed by atoms with Crippen molar-refractivity contribution in [2.45, 2.75) is 18.9 Å². The predicted octanol–water partition coefficient (Wildman–Crippen LogP) is 0.303. The zero-order valence-electron chi connectivity index (χ0n) is 9.74. The van der Waals surface area contributed by atoms with Crippen LogP contribution < -0.4 is 10.6 Å². The zero-order chi connectivity index (χ0) is 11.4. The Bertz CT molecular complexity index is 278. The zero-order valence-corrected chi connectivity index (χ0v) is 9.74. The number of allylic oxidation sites excluding steroid dienone is 1. The first-order valence-corrected chi connectivity index (χ1v) is 5.97. The summed E-state index contributed by atoms with van der Waals surface area (Å²) in [6, 6.07) is 0.511. The fraction of sp³-hybridized carbons (Fsp3) is 0.750. The van der Waals surface area contributed by atoms with Crippen molar-refractivity contribution in [3.8, 4) is 0 Å². The van der Waals surface area contributed by atoms with Gasteiger partial charge in [0.15, 0.2) is 0 Å². The first kappa shape index (κ1) is 11.6. The highest BCUT2D eigenvalue weighted by Crippen LogP contribution is 2.42. The summed E-state index contributed by atoms with van der Waals surface area (Å²) in [7, 11) is 1.63. The van der Waals surface area contributed by atoms with E-state index in [0.717, 1.165) is 5.92 Å². The summed E-state index contributed by atoms with van der Waals surface area (Å²) < 4.78 is 4.86. The van der Waals surface area contributed by atoms with Gasteiger partial charge in [-0.05, 0) is 24.7 Å². The number of amides is 1. The van der Waals surface area contributed by atoms with Gasteiger partial charge in [-0.25, -0.2) is 0 Å². The second kappa shape index (κ2) is 5.46. The molecule has 0 heterocycles. The molecule has 3 atom stereocenters. The summed E-state index contributed by atoms with van der Waals surface area (Å²) in [5, 5.41) is 6.12. The first-order chi connectivity index (χ1) is 7.81. The van der Waals surface area contributed by atoms with Gasteiger partial charge >= 0.3 is 0 Å². The second-order valence-electron chi connectivity index (χ2n) is 4.57. The topological polar surface area (TPSA) is 50.4 Å². The van der Waals surface area contributed by atoms with Crippen molar-refractivity contribution in [2.75, 3.05) is 26.8 Å². The van der Waals surface area contributed by atoms with E-state index in [9.17, 15) is 4.79 Å². The summed E-state index contributed by atoms with van der Waals surface area (Å²) in [5.41, 5.74) is 0. The molecule has 0 aromatic carbocycles. The van der Waals surface area contributed by atoms with Gasteiger partial charge in [0.2, 0.25) is 5.91 Å². The van der Waals surface area contributed by atoms with Crippen molar-refractivity contribution in [3.63, 3.8) is 0 Å². The number of ether oxygens (including phenoxy) is 1. The molecule has 0 aromatic heterocycles. The molecule has 0 spiro atoms. The van der Waals surface area contributed by atoms with Gasteiger partial charge in [-0.3, -0.25) is 4.79 Å². The molecule has 2 aliphatic carbocycles. The Kier molecular flexibility index (Phi) is 3.96. The van der Waals surface area contributed by atoms with Crippen molar-refractivity contribution in [3.05, 3.63) is 12.2 Å². The monoisotopic (exact) mass is 224 g/mol. The van der Waals surface area contributed by atoms with Crippen LogP contribution in [0.4, 0.5) is 0 Å². The number of hydrogen-bond acceptors (Lipinski definition) is 3. The Morgan fingerprint density at radius 3 is 3.19 bits per heavy atom. The largest absolute Gasteiger partial charge is 0.383 e. The maximum atomic E-state index is 11.4. The van der Waals surface area contributed by atoms with E-state index in [4.69, 9.17) is 4.74 Å². The first-order valence-electron chi connectivity index (χ1n) is 5.97. The number of rotatable bonds is 6. The van der Waals surface area contributed by atoms with Crippen LogP contribution in [-0.2, 0) is 9.53 Å². The van der Waals surface area contributed by atoms with Crippen LogP contribution in [0.1, 0.15) is 12.8 Å². The molecule has 0 aromatic rings.